The molecule has 1 N–H and O–H groups in total. The Morgan fingerprint density at radius 2 is 2.23 bits per heavy atom. The van der Waals surface area contributed by atoms with Crippen LogP contribution in [0.5, 0.6) is 0 Å². The predicted octanol–water partition coefficient (Wildman–Crippen LogP) is 2.20. The van der Waals surface area contributed by atoms with Crippen molar-refractivity contribution in [2.45, 2.75) is 39.3 Å². The maximum Gasteiger partial charge on any atom is 0.340 e. The smallest absolute Gasteiger partial charge is 0.340 e. The maximum atomic E-state index is 12.3. The number of esters is 1. The SMILES string of the molecule is Cc1cc(C(=O)OCC(=O)NC[C@@H]2CCCO2)c(C)n1Cc1ccco1. The number of rotatable bonds is 7. The number of carbonyl (C=O) groups excluding carboxylic acids is 2. The lowest BCUT2D eigenvalue weighted by molar-refractivity contribution is -0.124. The van der Waals surface area contributed by atoms with Gasteiger partial charge in [0.1, 0.15) is 5.76 Å². The number of hydrogen-bond donors (Lipinski definition) is 1. The lowest BCUT2D eigenvalue weighted by Gasteiger charge is -2.11. The fourth-order valence-electron chi connectivity index (χ4n) is 3.10. The summed E-state index contributed by atoms with van der Waals surface area (Å²) in [7, 11) is 0. The molecule has 7 heteroatoms. The molecule has 3 rings (SSSR count). The Balaban J connectivity index is 1.53. The number of amides is 1. The molecule has 0 saturated carbocycles. The number of aromatic nitrogens is 1. The maximum absolute atomic E-state index is 12.3. The van der Waals surface area contributed by atoms with Gasteiger partial charge in [0.05, 0.1) is 24.5 Å². The van der Waals surface area contributed by atoms with E-state index in [1.54, 1.807) is 12.3 Å². The molecule has 2 aromatic heterocycles. The molecule has 0 spiro atoms. The van der Waals surface area contributed by atoms with Crippen LogP contribution in [0.15, 0.2) is 28.9 Å². The summed E-state index contributed by atoms with van der Waals surface area (Å²) >= 11 is 0. The molecule has 0 radical (unpaired) electrons. The van der Waals surface area contributed by atoms with Crippen LogP contribution in [0.4, 0.5) is 0 Å². The minimum atomic E-state index is -0.504. The van der Waals surface area contributed by atoms with E-state index < -0.39 is 5.97 Å². The molecule has 3 heterocycles. The fraction of sp³-hybridized carbons (Fsp3) is 0.474. The highest BCUT2D eigenvalue weighted by atomic mass is 16.5. The second kappa shape index (κ2) is 8.23. The highest BCUT2D eigenvalue weighted by molar-refractivity contribution is 5.92. The minimum Gasteiger partial charge on any atom is -0.467 e. The third-order valence-electron chi connectivity index (χ3n) is 4.57. The zero-order valence-electron chi connectivity index (χ0n) is 15.1. The predicted molar refractivity (Wildman–Crippen MR) is 94.0 cm³/mol. The number of nitrogens with zero attached hydrogens (tertiary/aromatic N) is 1. The lowest BCUT2D eigenvalue weighted by Crippen LogP contribution is -2.34. The monoisotopic (exact) mass is 360 g/mol. The van der Waals surface area contributed by atoms with Crippen molar-refractivity contribution in [3.05, 3.63) is 47.2 Å². The molecule has 0 bridgehead atoms. The van der Waals surface area contributed by atoms with Crippen LogP contribution in [-0.4, -0.2) is 42.3 Å². The average molecular weight is 360 g/mol. The van der Waals surface area contributed by atoms with E-state index in [-0.39, 0.29) is 18.6 Å². The van der Waals surface area contributed by atoms with Gasteiger partial charge in [0.25, 0.3) is 5.91 Å². The second-order valence-electron chi connectivity index (χ2n) is 6.47. The Kier molecular flexibility index (Phi) is 5.78. The summed E-state index contributed by atoms with van der Waals surface area (Å²) in [6.07, 6.45) is 3.65. The van der Waals surface area contributed by atoms with E-state index in [1.165, 1.54) is 0 Å². The zero-order chi connectivity index (χ0) is 18.5. The summed E-state index contributed by atoms with van der Waals surface area (Å²) in [5, 5.41) is 2.73. The molecule has 1 atom stereocenters. The van der Waals surface area contributed by atoms with Crippen LogP contribution in [0.2, 0.25) is 0 Å². The normalized spacial score (nSPS) is 16.6. The molecule has 0 aliphatic carbocycles. The van der Waals surface area contributed by atoms with Crippen LogP contribution in [0.25, 0.3) is 0 Å². The number of hydrogen-bond acceptors (Lipinski definition) is 5. The summed E-state index contributed by atoms with van der Waals surface area (Å²) in [6, 6.07) is 5.48. The van der Waals surface area contributed by atoms with E-state index in [4.69, 9.17) is 13.9 Å². The summed E-state index contributed by atoms with van der Waals surface area (Å²) in [6.45, 7) is 5.20. The Labute approximate surface area is 152 Å². The zero-order valence-corrected chi connectivity index (χ0v) is 15.1. The van der Waals surface area contributed by atoms with Crippen molar-refractivity contribution in [3.8, 4) is 0 Å². The van der Waals surface area contributed by atoms with Crippen molar-refractivity contribution in [1.29, 1.82) is 0 Å². The topological polar surface area (TPSA) is 82.7 Å². The quantitative estimate of drug-likeness (QED) is 0.766. The molecule has 1 fully saturated rings. The van der Waals surface area contributed by atoms with Gasteiger partial charge in [-0.15, -0.1) is 0 Å². The van der Waals surface area contributed by atoms with Crippen LogP contribution in [0.3, 0.4) is 0 Å². The van der Waals surface area contributed by atoms with Gasteiger partial charge in [0, 0.05) is 24.5 Å². The average Bonchev–Trinajstić information content (AvgIpc) is 3.37. The third kappa shape index (κ3) is 4.35. The highest BCUT2D eigenvalue weighted by Gasteiger charge is 2.20. The number of furan rings is 1. The lowest BCUT2D eigenvalue weighted by atomic mass is 10.2. The molecule has 0 aromatic carbocycles. The van der Waals surface area contributed by atoms with Gasteiger partial charge in [-0.05, 0) is 44.9 Å². The molecule has 0 unspecified atom stereocenters. The second-order valence-corrected chi connectivity index (χ2v) is 6.47. The first-order valence-electron chi connectivity index (χ1n) is 8.79. The molecule has 1 saturated heterocycles. The van der Waals surface area contributed by atoms with Crippen molar-refractivity contribution in [3.63, 3.8) is 0 Å². The van der Waals surface area contributed by atoms with Gasteiger partial charge >= 0.3 is 5.97 Å². The molecule has 1 amide bonds. The van der Waals surface area contributed by atoms with Crippen LogP contribution >= 0.6 is 0 Å². The minimum absolute atomic E-state index is 0.0650. The van der Waals surface area contributed by atoms with Gasteiger partial charge in [-0.3, -0.25) is 4.79 Å². The molecular weight excluding hydrogens is 336 g/mol. The molecule has 7 nitrogen and oxygen atoms in total. The van der Waals surface area contributed by atoms with Gasteiger partial charge in [0.2, 0.25) is 0 Å². The first-order valence-corrected chi connectivity index (χ1v) is 8.79. The molecular formula is C19H24N2O5. The molecule has 26 heavy (non-hydrogen) atoms. The van der Waals surface area contributed by atoms with Crippen molar-refractivity contribution in [2.24, 2.45) is 0 Å². The number of ether oxygens (including phenoxy) is 2. The largest absolute Gasteiger partial charge is 0.467 e. The highest BCUT2D eigenvalue weighted by Crippen LogP contribution is 2.18. The van der Waals surface area contributed by atoms with Crippen molar-refractivity contribution in [1.82, 2.24) is 9.88 Å². The van der Waals surface area contributed by atoms with E-state index >= 15 is 0 Å². The van der Waals surface area contributed by atoms with Gasteiger partial charge in [-0.2, -0.15) is 0 Å². The van der Waals surface area contributed by atoms with E-state index in [2.05, 4.69) is 5.32 Å². The van der Waals surface area contributed by atoms with Crippen molar-refractivity contribution in [2.75, 3.05) is 19.8 Å². The van der Waals surface area contributed by atoms with Crippen molar-refractivity contribution >= 4 is 11.9 Å². The Morgan fingerprint density at radius 1 is 1.38 bits per heavy atom. The Morgan fingerprint density at radius 3 is 2.92 bits per heavy atom. The van der Waals surface area contributed by atoms with Gasteiger partial charge < -0.3 is 23.8 Å². The Hall–Kier alpha value is -2.54. The first-order chi connectivity index (χ1) is 12.5. The summed E-state index contributed by atoms with van der Waals surface area (Å²) < 4.78 is 17.9. The van der Waals surface area contributed by atoms with E-state index in [0.717, 1.165) is 36.6 Å². The van der Waals surface area contributed by atoms with Crippen LogP contribution in [0.1, 0.15) is 40.3 Å². The van der Waals surface area contributed by atoms with Crippen LogP contribution < -0.4 is 5.32 Å². The Bertz CT molecular complexity index is 757. The van der Waals surface area contributed by atoms with Crippen LogP contribution in [0, 0.1) is 13.8 Å². The molecule has 140 valence electrons. The van der Waals surface area contributed by atoms with Crippen molar-refractivity contribution < 1.29 is 23.5 Å². The number of carbonyl (C=O) groups is 2. The number of nitrogens with one attached hydrogen (secondary N) is 1. The summed E-state index contributed by atoms with van der Waals surface area (Å²) in [5.41, 5.74) is 2.17. The van der Waals surface area contributed by atoms with Crippen LogP contribution in [-0.2, 0) is 20.8 Å². The summed E-state index contributed by atoms with van der Waals surface area (Å²) in [4.78, 5) is 24.2. The van der Waals surface area contributed by atoms with Gasteiger partial charge in [-0.25, -0.2) is 4.79 Å². The van der Waals surface area contributed by atoms with E-state index in [9.17, 15) is 9.59 Å². The van der Waals surface area contributed by atoms with E-state index in [1.807, 2.05) is 30.5 Å². The third-order valence-corrected chi connectivity index (χ3v) is 4.57. The fourth-order valence-corrected chi connectivity index (χ4v) is 3.10. The first kappa shape index (κ1) is 18.3. The molecule has 2 aromatic rings. The van der Waals surface area contributed by atoms with Gasteiger partial charge in [-0.1, -0.05) is 0 Å². The number of aryl methyl sites for hydroxylation is 1. The summed E-state index contributed by atoms with van der Waals surface area (Å²) in [5.74, 6) is -0.0190. The molecule has 1 aliphatic rings. The standard InChI is InChI=1S/C19H24N2O5/c1-13-9-17(14(2)21(13)11-16-6-4-8-25-16)19(23)26-12-18(22)20-10-15-5-3-7-24-15/h4,6,8-9,15H,3,5,7,10-12H2,1-2H3,(H,20,22)/t15-/m0/s1. The van der Waals surface area contributed by atoms with E-state index in [0.29, 0.717) is 18.7 Å². The molecule has 1 aliphatic heterocycles. The van der Waals surface area contributed by atoms with Gasteiger partial charge in [0.15, 0.2) is 6.61 Å².